The maximum absolute atomic E-state index is 9.78. The van der Waals surface area contributed by atoms with Gasteiger partial charge in [-0.25, -0.2) is 0 Å². The van der Waals surface area contributed by atoms with Gasteiger partial charge in [0.15, 0.2) is 0 Å². The lowest BCUT2D eigenvalue weighted by molar-refractivity contribution is 0.0429. The van der Waals surface area contributed by atoms with Crippen LogP contribution in [-0.4, -0.2) is 36.9 Å². The molecule has 0 aliphatic carbocycles. The smallest absolute Gasteiger partial charge is 0.0638 e. The van der Waals surface area contributed by atoms with Gasteiger partial charge in [-0.15, -0.1) is 6.58 Å². The van der Waals surface area contributed by atoms with Gasteiger partial charge in [0.05, 0.1) is 24.5 Å². The third kappa shape index (κ3) is 4.50. The summed E-state index contributed by atoms with van der Waals surface area (Å²) in [6, 6.07) is 5.91. The molecule has 2 rings (SSSR count). The Bertz CT molecular complexity index is 634. The number of hydrogen-bond acceptors (Lipinski definition) is 4. The van der Waals surface area contributed by atoms with Crippen LogP contribution in [0.5, 0.6) is 0 Å². The largest absolute Gasteiger partial charge is 0.394 e. The standard InChI is InChI=1S/C18H26N4O/c1-5-10-22-12-16(15(2)20-22)11-21(18(3,4)14-23)13-17-8-6-7-9-19-17/h5-9,12,23H,1,10-11,13-14H2,2-4H3. The Morgan fingerprint density at radius 1 is 1.35 bits per heavy atom. The molecule has 0 saturated heterocycles. The summed E-state index contributed by atoms with van der Waals surface area (Å²) in [7, 11) is 0. The lowest BCUT2D eigenvalue weighted by Crippen LogP contribution is -2.46. The summed E-state index contributed by atoms with van der Waals surface area (Å²) in [5.41, 5.74) is 2.81. The summed E-state index contributed by atoms with van der Waals surface area (Å²) in [5.74, 6) is 0. The molecule has 23 heavy (non-hydrogen) atoms. The normalized spacial score (nSPS) is 11.9. The molecule has 0 bridgehead atoms. The maximum Gasteiger partial charge on any atom is 0.0638 e. The minimum Gasteiger partial charge on any atom is -0.394 e. The molecule has 0 radical (unpaired) electrons. The summed E-state index contributed by atoms with van der Waals surface area (Å²) < 4.78 is 1.89. The van der Waals surface area contributed by atoms with Crippen molar-refractivity contribution in [2.24, 2.45) is 0 Å². The highest BCUT2D eigenvalue weighted by molar-refractivity contribution is 5.16. The topological polar surface area (TPSA) is 54.2 Å². The van der Waals surface area contributed by atoms with E-state index in [0.717, 1.165) is 17.0 Å². The molecule has 5 nitrogen and oxygen atoms in total. The highest BCUT2D eigenvalue weighted by Gasteiger charge is 2.27. The number of aliphatic hydroxyl groups is 1. The van der Waals surface area contributed by atoms with Gasteiger partial charge in [-0.05, 0) is 32.9 Å². The summed E-state index contributed by atoms with van der Waals surface area (Å²) >= 11 is 0. The van der Waals surface area contributed by atoms with Crippen LogP contribution in [0.1, 0.15) is 30.8 Å². The number of aliphatic hydroxyl groups excluding tert-OH is 1. The number of pyridine rings is 1. The lowest BCUT2D eigenvalue weighted by Gasteiger charge is -2.37. The van der Waals surface area contributed by atoms with Gasteiger partial charge in [-0.3, -0.25) is 14.6 Å². The Morgan fingerprint density at radius 2 is 2.13 bits per heavy atom. The molecule has 0 aromatic carbocycles. The van der Waals surface area contributed by atoms with E-state index in [-0.39, 0.29) is 12.1 Å². The van der Waals surface area contributed by atoms with Gasteiger partial charge < -0.3 is 5.11 Å². The molecule has 0 spiro atoms. The maximum atomic E-state index is 9.78. The highest BCUT2D eigenvalue weighted by atomic mass is 16.3. The first kappa shape index (κ1) is 17.4. The summed E-state index contributed by atoms with van der Waals surface area (Å²) in [6.07, 6.45) is 5.68. The molecule has 2 aromatic heterocycles. The third-order valence-electron chi connectivity index (χ3n) is 4.05. The molecular weight excluding hydrogens is 288 g/mol. The second-order valence-corrected chi connectivity index (χ2v) is 6.40. The van der Waals surface area contributed by atoms with Crippen LogP contribution in [0.15, 0.2) is 43.2 Å². The Morgan fingerprint density at radius 3 is 2.74 bits per heavy atom. The van der Waals surface area contributed by atoms with Crippen LogP contribution in [0, 0.1) is 6.92 Å². The molecular formula is C18H26N4O. The van der Waals surface area contributed by atoms with Crippen LogP contribution in [0.2, 0.25) is 0 Å². The average molecular weight is 314 g/mol. The Balaban J connectivity index is 2.22. The van der Waals surface area contributed by atoms with Gasteiger partial charge in [-0.2, -0.15) is 5.10 Å². The predicted molar refractivity (Wildman–Crippen MR) is 91.8 cm³/mol. The summed E-state index contributed by atoms with van der Waals surface area (Å²) in [6.45, 7) is 12.0. The number of aryl methyl sites for hydroxylation is 1. The molecule has 2 heterocycles. The van der Waals surface area contributed by atoms with E-state index >= 15 is 0 Å². The number of allylic oxidation sites excluding steroid dienone is 1. The quantitative estimate of drug-likeness (QED) is 0.761. The van der Waals surface area contributed by atoms with Crippen molar-refractivity contribution in [3.8, 4) is 0 Å². The minimum absolute atomic E-state index is 0.0830. The lowest BCUT2D eigenvalue weighted by atomic mass is 10.0. The third-order valence-corrected chi connectivity index (χ3v) is 4.05. The monoisotopic (exact) mass is 314 g/mol. The first-order chi connectivity index (χ1) is 11.0. The van der Waals surface area contributed by atoms with Crippen molar-refractivity contribution in [1.82, 2.24) is 19.7 Å². The van der Waals surface area contributed by atoms with Crippen LogP contribution < -0.4 is 0 Å². The van der Waals surface area contributed by atoms with Gasteiger partial charge in [-0.1, -0.05) is 12.1 Å². The number of nitrogens with zero attached hydrogens (tertiary/aromatic N) is 4. The first-order valence-electron chi connectivity index (χ1n) is 7.86. The molecule has 0 unspecified atom stereocenters. The van der Waals surface area contributed by atoms with Crippen molar-refractivity contribution in [2.45, 2.75) is 45.9 Å². The van der Waals surface area contributed by atoms with E-state index in [1.165, 1.54) is 0 Å². The molecule has 0 fully saturated rings. The fourth-order valence-corrected chi connectivity index (χ4v) is 2.42. The minimum atomic E-state index is -0.343. The van der Waals surface area contributed by atoms with Crippen LogP contribution in [0.25, 0.3) is 0 Å². The molecule has 1 N–H and O–H groups in total. The zero-order chi connectivity index (χ0) is 16.9. The Hall–Kier alpha value is -1.98. The summed E-state index contributed by atoms with van der Waals surface area (Å²) in [4.78, 5) is 6.64. The van der Waals surface area contributed by atoms with Crippen molar-refractivity contribution in [1.29, 1.82) is 0 Å². The molecule has 0 aliphatic heterocycles. The molecule has 0 atom stereocenters. The Labute approximate surface area is 138 Å². The summed E-state index contributed by atoms with van der Waals surface area (Å²) in [5, 5.41) is 14.3. The van der Waals surface area contributed by atoms with Crippen LogP contribution in [0.3, 0.4) is 0 Å². The second-order valence-electron chi connectivity index (χ2n) is 6.40. The van der Waals surface area contributed by atoms with Crippen molar-refractivity contribution < 1.29 is 5.11 Å². The van der Waals surface area contributed by atoms with Crippen molar-refractivity contribution >= 4 is 0 Å². The van der Waals surface area contributed by atoms with E-state index in [2.05, 4.69) is 27.8 Å². The van der Waals surface area contributed by atoms with Gasteiger partial charge >= 0.3 is 0 Å². The zero-order valence-corrected chi connectivity index (χ0v) is 14.2. The van der Waals surface area contributed by atoms with E-state index in [0.29, 0.717) is 19.6 Å². The van der Waals surface area contributed by atoms with E-state index in [4.69, 9.17) is 0 Å². The van der Waals surface area contributed by atoms with Crippen molar-refractivity contribution in [3.63, 3.8) is 0 Å². The van der Waals surface area contributed by atoms with Crippen LogP contribution in [0.4, 0.5) is 0 Å². The molecule has 0 aliphatic rings. The van der Waals surface area contributed by atoms with Gasteiger partial charge in [0.25, 0.3) is 0 Å². The molecule has 2 aromatic rings. The Kier molecular flexibility index (Phi) is 5.69. The zero-order valence-electron chi connectivity index (χ0n) is 14.2. The van der Waals surface area contributed by atoms with E-state index in [9.17, 15) is 5.11 Å². The van der Waals surface area contributed by atoms with Crippen molar-refractivity contribution in [2.75, 3.05) is 6.61 Å². The number of rotatable bonds is 8. The predicted octanol–water partition coefficient (Wildman–Crippen LogP) is 2.55. The fraction of sp³-hybridized carbons (Fsp3) is 0.444. The number of hydrogen-bond donors (Lipinski definition) is 1. The van der Waals surface area contributed by atoms with E-state index < -0.39 is 0 Å². The molecule has 0 saturated carbocycles. The van der Waals surface area contributed by atoms with Gasteiger partial charge in [0, 0.05) is 36.6 Å². The second kappa shape index (κ2) is 7.53. The average Bonchev–Trinajstić information content (AvgIpc) is 2.88. The van der Waals surface area contributed by atoms with Crippen molar-refractivity contribution in [3.05, 3.63) is 60.2 Å². The number of aromatic nitrogens is 3. The first-order valence-corrected chi connectivity index (χ1v) is 7.86. The van der Waals surface area contributed by atoms with Gasteiger partial charge in [0.1, 0.15) is 0 Å². The van der Waals surface area contributed by atoms with Gasteiger partial charge in [0.2, 0.25) is 0 Å². The SMILES string of the molecule is C=CCn1cc(CN(Cc2ccccn2)C(C)(C)CO)c(C)n1. The fourth-order valence-electron chi connectivity index (χ4n) is 2.42. The highest BCUT2D eigenvalue weighted by Crippen LogP contribution is 2.21. The molecule has 0 amide bonds. The van der Waals surface area contributed by atoms with Crippen LogP contribution in [-0.2, 0) is 19.6 Å². The van der Waals surface area contributed by atoms with E-state index in [1.807, 2.05) is 49.7 Å². The van der Waals surface area contributed by atoms with E-state index in [1.54, 1.807) is 6.20 Å². The van der Waals surface area contributed by atoms with Crippen LogP contribution >= 0.6 is 0 Å². The molecule has 124 valence electrons. The molecule has 5 heteroatoms.